The van der Waals surface area contributed by atoms with Crippen molar-refractivity contribution in [3.05, 3.63) is 65.7 Å². The molecule has 2 aromatic carbocycles. The SMILES string of the molecule is CNCC(=O)NCCc1cccc(OCCCc2ccccc2)c1. The van der Waals surface area contributed by atoms with Crippen molar-refractivity contribution < 1.29 is 9.53 Å². The van der Waals surface area contributed by atoms with Gasteiger partial charge in [-0.25, -0.2) is 0 Å². The number of ether oxygens (including phenoxy) is 1. The summed E-state index contributed by atoms with van der Waals surface area (Å²) in [6.45, 7) is 1.69. The first-order valence-electron chi connectivity index (χ1n) is 8.45. The standard InChI is InChI=1S/C20H26N2O2/c1-21-16-20(23)22-13-12-18-9-5-11-19(15-18)24-14-6-10-17-7-3-2-4-8-17/h2-5,7-9,11,15,21H,6,10,12-14,16H2,1H3,(H,22,23). The summed E-state index contributed by atoms with van der Waals surface area (Å²) in [7, 11) is 1.76. The molecule has 0 spiro atoms. The van der Waals surface area contributed by atoms with Gasteiger partial charge in [-0.3, -0.25) is 4.79 Å². The molecule has 0 heterocycles. The Morgan fingerprint density at radius 2 is 1.79 bits per heavy atom. The van der Waals surface area contributed by atoms with Crippen molar-refractivity contribution in [2.75, 3.05) is 26.7 Å². The molecular formula is C20H26N2O2. The second-order valence-corrected chi connectivity index (χ2v) is 5.72. The van der Waals surface area contributed by atoms with Crippen molar-refractivity contribution in [1.29, 1.82) is 0 Å². The lowest BCUT2D eigenvalue weighted by Gasteiger charge is -2.09. The molecule has 2 rings (SSSR count). The molecule has 0 unspecified atom stereocenters. The number of likely N-dealkylation sites (N-methyl/N-ethyl adjacent to an activating group) is 1. The van der Waals surface area contributed by atoms with Crippen LogP contribution >= 0.6 is 0 Å². The Bertz CT molecular complexity index is 614. The number of carbonyl (C=O) groups excluding carboxylic acids is 1. The van der Waals surface area contributed by atoms with E-state index >= 15 is 0 Å². The topological polar surface area (TPSA) is 50.4 Å². The van der Waals surface area contributed by atoms with Crippen molar-refractivity contribution in [2.45, 2.75) is 19.3 Å². The molecule has 4 nitrogen and oxygen atoms in total. The summed E-state index contributed by atoms with van der Waals surface area (Å²) in [6, 6.07) is 18.5. The van der Waals surface area contributed by atoms with Crippen LogP contribution in [0.3, 0.4) is 0 Å². The maximum absolute atomic E-state index is 11.4. The van der Waals surface area contributed by atoms with Gasteiger partial charge in [-0.15, -0.1) is 0 Å². The smallest absolute Gasteiger partial charge is 0.233 e. The van der Waals surface area contributed by atoms with E-state index < -0.39 is 0 Å². The average molecular weight is 326 g/mol. The molecule has 0 saturated carbocycles. The number of aryl methyl sites for hydroxylation is 1. The summed E-state index contributed by atoms with van der Waals surface area (Å²) in [5, 5.41) is 5.71. The Hall–Kier alpha value is -2.33. The van der Waals surface area contributed by atoms with Gasteiger partial charge in [0, 0.05) is 6.54 Å². The number of rotatable bonds is 10. The largest absolute Gasteiger partial charge is 0.494 e. The third-order valence-electron chi connectivity index (χ3n) is 3.69. The van der Waals surface area contributed by atoms with Gasteiger partial charge in [0.1, 0.15) is 5.75 Å². The van der Waals surface area contributed by atoms with Crippen molar-refractivity contribution in [1.82, 2.24) is 10.6 Å². The van der Waals surface area contributed by atoms with Crippen LogP contribution in [0.2, 0.25) is 0 Å². The lowest BCUT2D eigenvalue weighted by Crippen LogP contribution is -2.33. The molecule has 128 valence electrons. The van der Waals surface area contributed by atoms with E-state index in [0.29, 0.717) is 19.7 Å². The summed E-state index contributed by atoms with van der Waals surface area (Å²) in [5.74, 6) is 0.910. The Balaban J connectivity index is 1.69. The number of nitrogens with one attached hydrogen (secondary N) is 2. The summed E-state index contributed by atoms with van der Waals surface area (Å²) < 4.78 is 5.84. The third kappa shape index (κ3) is 6.84. The van der Waals surface area contributed by atoms with Crippen LogP contribution in [-0.2, 0) is 17.6 Å². The van der Waals surface area contributed by atoms with Crippen molar-refractivity contribution in [2.24, 2.45) is 0 Å². The van der Waals surface area contributed by atoms with E-state index in [1.165, 1.54) is 11.1 Å². The lowest BCUT2D eigenvalue weighted by atomic mass is 10.1. The molecule has 0 atom stereocenters. The minimum Gasteiger partial charge on any atom is -0.494 e. The monoisotopic (exact) mass is 326 g/mol. The van der Waals surface area contributed by atoms with Crippen LogP contribution in [0.1, 0.15) is 17.5 Å². The van der Waals surface area contributed by atoms with Crippen LogP contribution in [0.5, 0.6) is 5.75 Å². The molecule has 0 bridgehead atoms. The molecule has 0 aliphatic heterocycles. The van der Waals surface area contributed by atoms with Gasteiger partial charge >= 0.3 is 0 Å². The van der Waals surface area contributed by atoms with E-state index in [2.05, 4.69) is 41.0 Å². The van der Waals surface area contributed by atoms with Gasteiger partial charge in [-0.1, -0.05) is 42.5 Å². The Labute approximate surface area is 144 Å². The second kappa shape index (κ2) is 10.4. The van der Waals surface area contributed by atoms with Crippen molar-refractivity contribution in [3.63, 3.8) is 0 Å². The molecule has 0 aromatic heterocycles. The molecule has 2 N–H and O–H groups in total. The maximum Gasteiger partial charge on any atom is 0.233 e. The van der Waals surface area contributed by atoms with E-state index in [1.54, 1.807) is 7.05 Å². The van der Waals surface area contributed by atoms with Gasteiger partial charge in [-0.05, 0) is 49.6 Å². The zero-order chi connectivity index (χ0) is 17.0. The van der Waals surface area contributed by atoms with E-state index in [9.17, 15) is 4.79 Å². The highest BCUT2D eigenvalue weighted by Crippen LogP contribution is 2.14. The van der Waals surface area contributed by atoms with Gasteiger partial charge < -0.3 is 15.4 Å². The maximum atomic E-state index is 11.4. The van der Waals surface area contributed by atoms with Gasteiger partial charge in [-0.2, -0.15) is 0 Å². The molecule has 1 amide bonds. The predicted molar refractivity (Wildman–Crippen MR) is 97.3 cm³/mol. The van der Waals surface area contributed by atoms with Crippen LogP contribution in [0.4, 0.5) is 0 Å². The van der Waals surface area contributed by atoms with Gasteiger partial charge in [0.25, 0.3) is 0 Å². The Morgan fingerprint density at radius 1 is 1.00 bits per heavy atom. The van der Waals surface area contributed by atoms with Crippen LogP contribution in [0.15, 0.2) is 54.6 Å². The fraction of sp³-hybridized carbons (Fsp3) is 0.350. The second-order valence-electron chi connectivity index (χ2n) is 5.72. The molecule has 0 aliphatic carbocycles. The number of amides is 1. The highest BCUT2D eigenvalue weighted by atomic mass is 16.5. The fourth-order valence-electron chi connectivity index (χ4n) is 2.47. The first-order valence-corrected chi connectivity index (χ1v) is 8.45. The van der Waals surface area contributed by atoms with Crippen molar-refractivity contribution in [3.8, 4) is 5.75 Å². The zero-order valence-electron chi connectivity index (χ0n) is 14.3. The van der Waals surface area contributed by atoms with Gasteiger partial charge in [0.05, 0.1) is 13.2 Å². The lowest BCUT2D eigenvalue weighted by molar-refractivity contribution is -0.120. The molecule has 2 aromatic rings. The number of benzene rings is 2. The molecule has 0 aliphatic rings. The number of carbonyl (C=O) groups is 1. The van der Waals surface area contributed by atoms with E-state index in [0.717, 1.165) is 25.0 Å². The summed E-state index contributed by atoms with van der Waals surface area (Å²) in [5.41, 5.74) is 2.51. The molecule has 0 saturated heterocycles. The van der Waals surface area contributed by atoms with Crippen LogP contribution < -0.4 is 15.4 Å². The van der Waals surface area contributed by atoms with E-state index in [-0.39, 0.29) is 5.91 Å². The quantitative estimate of drug-likeness (QED) is 0.660. The first-order chi connectivity index (χ1) is 11.8. The predicted octanol–water partition coefficient (Wildman–Crippen LogP) is 2.58. The zero-order valence-corrected chi connectivity index (χ0v) is 14.3. The average Bonchev–Trinajstić information content (AvgIpc) is 2.60. The minimum atomic E-state index is 0.0193. The molecular weight excluding hydrogens is 300 g/mol. The molecule has 4 heteroatoms. The highest BCUT2D eigenvalue weighted by Gasteiger charge is 2.01. The van der Waals surface area contributed by atoms with Crippen LogP contribution in [0, 0.1) is 0 Å². The summed E-state index contributed by atoms with van der Waals surface area (Å²) in [6.07, 6.45) is 2.82. The summed E-state index contributed by atoms with van der Waals surface area (Å²) >= 11 is 0. The van der Waals surface area contributed by atoms with Gasteiger partial charge in [0.15, 0.2) is 0 Å². The normalized spacial score (nSPS) is 10.4. The highest BCUT2D eigenvalue weighted by molar-refractivity contribution is 5.77. The van der Waals surface area contributed by atoms with Crippen LogP contribution in [-0.4, -0.2) is 32.7 Å². The number of hydrogen-bond donors (Lipinski definition) is 2. The fourth-order valence-corrected chi connectivity index (χ4v) is 2.47. The van der Waals surface area contributed by atoms with E-state index in [4.69, 9.17) is 4.74 Å². The Morgan fingerprint density at radius 3 is 2.58 bits per heavy atom. The molecule has 24 heavy (non-hydrogen) atoms. The van der Waals surface area contributed by atoms with Crippen molar-refractivity contribution >= 4 is 5.91 Å². The number of hydrogen-bond acceptors (Lipinski definition) is 3. The van der Waals surface area contributed by atoms with Gasteiger partial charge in [0.2, 0.25) is 5.91 Å². The molecule has 0 fully saturated rings. The third-order valence-corrected chi connectivity index (χ3v) is 3.69. The van der Waals surface area contributed by atoms with Crippen LogP contribution in [0.25, 0.3) is 0 Å². The minimum absolute atomic E-state index is 0.0193. The Kier molecular flexibility index (Phi) is 7.84. The van der Waals surface area contributed by atoms with E-state index in [1.807, 2.05) is 24.3 Å². The first kappa shape index (κ1) is 18.0. The summed E-state index contributed by atoms with van der Waals surface area (Å²) in [4.78, 5) is 11.4. The molecule has 0 radical (unpaired) electrons.